The van der Waals surface area contributed by atoms with Gasteiger partial charge in [-0.05, 0) is 37.3 Å². The molecule has 5 heterocycles. The van der Waals surface area contributed by atoms with Gasteiger partial charge < -0.3 is 9.30 Å². The van der Waals surface area contributed by atoms with E-state index < -0.39 is 11.9 Å². The minimum atomic E-state index is -0.551. The zero-order valence-electron chi connectivity index (χ0n) is 17.0. The number of pyridine rings is 4. The Balaban J connectivity index is 1.65. The van der Waals surface area contributed by atoms with Crippen molar-refractivity contribution < 1.29 is 9.13 Å². The van der Waals surface area contributed by atoms with Crippen LogP contribution in [0.5, 0.6) is 5.75 Å². The van der Waals surface area contributed by atoms with Gasteiger partial charge in [0.2, 0.25) is 0 Å². The molecule has 1 atom stereocenters. The number of hydrogen-bond acceptors (Lipinski definition) is 6. The highest BCUT2D eigenvalue weighted by molar-refractivity contribution is 6.30. The third-order valence-corrected chi connectivity index (χ3v) is 5.51. The molecule has 0 aliphatic carbocycles. The summed E-state index contributed by atoms with van der Waals surface area (Å²) in [6, 6.07) is 7.55. The van der Waals surface area contributed by atoms with Crippen LogP contribution in [0, 0.1) is 5.82 Å². The standard InChI is InChI=1S/C22H16ClFN6O2/c1-12(29-6-5-19-16(22(29)31)8-15(32-2)10-26-19)20-27-28-21-17(24)7-13(11-30(20)21)18-4-3-14(23)9-25-18/h3-12H,1-2H3/t12-/m1/s1. The Hall–Kier alpha value is -3.85. The fraction of sp³-hybridized carbons (Fsp3) is 0.136. The van der Waals surface area contributed by atoms with Gasteiger partial charge in [-0.3, -0.25) is 19.2 Å². The molecule has 5 aromatic heterocycles. The summed E-state index contributed by atoms with van der Waals surface area (Å²) < 4.78 is 23.0. The summed E-state index contributed by atoms with van der Waals surface area (Å²) >= 11 is 5.91. The van der Waals surface area contributed by atoms with E-state index in [1.165, 1.54) is 28.3 Å². The fourth-order valence-corrected chi connectivity index (χ4v) is 3.71. The van der Waals surface area contributed by atoms with Crippen molar-refractivity contribution in [3.63, 3.8) is 0 Å². The number of aromatic nitrogens is 6. The monoisotopic (exact) mass is 450 g/mol. The predicted octanol–water partition coefficient (Wildman–Crippen LogP) is 3.91. The molecule has 5 rings (SSSR count). The lowest BCUT2D eigenvalue weighted by molar-refractivity contribution is 0.413. The van der Waals surface area contributed by atoms with Crippen molar-refractivity contribution in [3.05, 3.63) is 82.1 Å². The van der Waals surface area contributed by atoms with Crippen molar-refractivity contribution in [1.29, 1.82) is 0 Å². The van der Waals surface area contributed by atoms with E-state index in [4.69, 9.17) is 16.3 Å². The van der Waals surface area contributed by atoms with Crippen molar-refractivity contribution in [2.45, 2.75) is 13.0 Å². The lowest BCUT2D eigenvalue weighted by Crippen LogP contribution is -2.25. The Morgan fingerprint density at radius 3 is 2.72 bits per heavy atom. The average Bonchev–Trinajstić information content (AvgIpc) is 3.24. The number of hydrogen-bond donors (Lipinski definition) is 0. The van der Waals surface area contributed by atoms with Gasteiger partial charge >= 0.3 is 0 Å². The highest BCUT2D eigenvalue weighted by atomic mass is 35.5. The molecule has 0 saturated heterocycles. The lowest BCUT2D eigenvalue weighted by Gasteiger charge is -2.15. The van der Waals surface area contributed by atoms with Crippen LogP contribution in [0.15, 0.2) is 59.9 Å². The van der Waals surface area contributed by atoms with E-state index in [0.717, 1.165) is 0 Å². The van der Waals surface area contributed by atoms with Gasteiger partial charge in [0.15, 0.2) is 17.3 Å². The molecule has 32 heavy (non-hydrogen) atoms. The van der Waals surface area contributed by atoms with E-state index in [1.807, 2.05) is 0 Å². The number of fused-ring (bicyclic) bond motifs is 2. The summed E-state index contributed by atoms with van der Waals surface area (Å²) in [4.78, 5) is 21.7. The van der Waals surface area contributed by atoms with Crippen molar-refractivity contribution in [3.8, 4) is 17.0 Å². The molecule has 0 aliphatic heterocycles. The van der Waals surface area contributed by atoms with Crippen molar-refractivity contribution in [2.75, 3.05) is 7.11 Å². The molecular formula is C22H16ClFN6O2. The van der Waals surface area contributed by atoms with Crippen LogP contribution >= 0.6 is 11.6 Å². The second kappa shape index (κ2) is 7.69. The number of nitrogens with zero attached hydrogens (tertiary/aromatic N) is 6. The van der Waals surface area contributed by atoms with E-state index in [-0.39, 0.29) is 11.2 Å². The quantitative estimate of drug-likeness (QED) is 0.412. The van der Waals surface area contributed by atoms with Gasteiger partial charge in [0.1, 0.15) is 5.75 Å². The molecule has 0 N–H and O–H groups in total. The molecule has 0 spiro atoms. The SMILES string of the molecule is COc1cnc2ccn([C@H](C)c3nnc4c(F)cc(-c5ccc(Cl)cn5)cn34)c(=O)c2c1. The normalized spacial score (nSPS) is 12.4. The second-order valence-corrected chi connectivity index (χ2v) is 7.64. The summed E-state index contributed by atoms with van der Waals surface area (Å²) in [6.07, 6.45) is 6.37. The smallest absolute Gasteiger partial charge is 0.260 e. The van der Waals surface area contributed by atoms with Gasteiger partial charge in [0, 0.05) is 24.2 Å². The van der Waals surface area contributed by atoms with Crippen LogP contribution in [0.1, 0.15) is 18.8 Å². The van der Waals surface area contributed by atoms with Crippen LogP contribution in [0.4, 0.5) is 4.39 Å². The molecule has 5 aromatic rings. The van der Waals surface area contributed by atoms with Gasteiger partial charge in [-0.15, -0.1) is 10.2 Å². The first-order chi connectivity index (χ1) is 15.5. The third kappa shape index (κ3) is 3.27. The maximum absolute atomic E-state index is 14.8. The molecule has 0 amide bonds. The topological polar surface area (TPSA) is 87.2 Å². The first kappa shape index (κ1) is 20.1. The number of methoxy groups -OCH3 is 1. The van der Waals surface area contributed by atoms with Crippen LogP contribution in [-0.2, 0) is 0 Å². The Morgan fingerprint density at radius 2 is 1.97 bits per heavy atom. The molecule has 0 bridgehead atoms. The number of rotatable bonds is 4. The van der Waals surface area contributed by atoms with Crippen molar-refractivity contribution in [1.82, 2.24) is 29.1 Å². The lowest BCUT2D eigenvalue weighted by atomic mass is 10.2. The molecule has 0 aliphatic rings. The zero-order chi connectivity index (χ0) is 22.4. The van der Waals surface area contributed by atoms with Crippen molar-refractivity contribution in [2.24, 2.45) is 0 Å². The van der Waals surface area contributed by atoms with Crippen LogP contribution in [0.3, 0.4) is 0 Å². The summed E-state index contributed by atoms with van der Waals surface area (Å²) in [5.74, 6) is 0.326. The van der Waals surface area contributed by atoms with Gasteiger partial charge in [-0.2, -0.15) is 0 Å². The Morgan fingerprint density at radius 1 is 1.12 bits per heavy atom. The van der Waals surface area contributed by atoms with E-state index >= 15 is 0 Å². The number of halogens is 2. The Labute approximate surface area is 185 Å². The van der Waals surface area contributed by atoms with Crippen LogP contribution < -0.4 is 10.3 Å². The van der Waals surface area contributed by atoms with Gasteiger partial charge in [0.25, 0.3) is 5.56 Å². The van der Waals surface area contributed by atoms with E-state index in [0.29, 0.717) is 38.8 Å². The summed E-state index contributed by atoms with van der Waals surface area (Å²) in [7, 11) is 1.51. The van der Waals surface area contributed by atoms with Gasteiger partial charge in [-0.25, -0.2) is 4.39 Å². The highest BCUT2D eigenvalue weighted by Gasteiger charge is 2.20. The summed E-state index contributed by atoms with van der Waals surface area (Å²) in [6.45, 7) is 1.79. The zero-order valence-corrected chi connectivity index (χ0v) is 17.8. The van der Waals surface area contributed by atoms with E-state index in [9.17, 15) is 9.18 Å². The van der Waals surface area contributed by atoms with Gasteiger partial charge in [0.05, 0.1) is 41.0 Å². The first-order valence-electron chi connectivity index (χ1n) is 9.67. The van der Waals surface area contributed by atoms with E-state index in [1.54, 1.807) is 49.8 Å². The maximum Gasteiger partial charge on any atom is 0.260 e. The third-order valence-electron chi connectivity index (χ3n) is 5.29. The highest BCUT2D eigenvalue weighted by Crippen LogP contribution is 2.25. The molecule has 0 unspecified atom stereocenters. The molecule has 0 fully saturated rings. The van der Waals surface area contributed by atoms with Crippen molar-refractivity contribution >= 4 is 28.2 Å². The average molecular weight is 451 g/mol. The Kier molecular flexibility index (Phi) is 4.82. The van der Waals surface area contributed by atoms with Crippen LogP contribution in [0.2, 0.25) is 5.02 Å². The van der Waals surface area contributed by atoms with Gasteiger partial charge in [-0.1, -0.05) is 11.6 Å². The molecule has 10 heteroatoms. The predicted molar refractivity (Wildman–Crippen MR) is 118 cm³/mol. The fourth-order valence-electron chi connectivity index (χ4n) is 3.60. The number of ether oxygens (including phenoxy) is 1. The second-order valence-electron chi connectivity index (χ2n) is 7.20. The van der Waals surface area contributed by atoms with Crippen LogP contribution in [0.25, 0.3) is 27.8 Å². The largest absolute Gasteiger partial charge is 0.495 e. The molecule has 0 saturated carbocycles. The molecule has 0 radical (unpaired) electrons. The summed E-state index contributed by atoms with van der Waals surface area (Å²) in [5, 5.41) is 9.04. The van der Waals surface area contributed by atoms with Crippen LogP contribution in [-0.4, -0.2) is 36.2 Å². The first-order valence-corrected chi connectivity index (χ1v) is 10.0. The van der Waals surface area contributed by atoms with E-state index in [2.05, 4.69) is 20.2 Å². The Bertz CT molecular complexity index is 1530. The minimum Gasteiger partial charge on any atom is -0.495 e. The molecule has 0 aromatic carbocycles. The summed E-state index contributed by atoms with van der Waals surface area (Å²) in [5.41, 5.74) is 1.41. The minimum absolute atomic E-state index is 0.0572. The molecular weight excluding hydrogens is 435 g/mol. The molecule has 8 nitrogen and oxygen atoms in total. The maximum atomic E-state index is 14.8. The molecule has 160 valence electrons.